The van der Waals surface area contributed by atoms with Crippen molar-refractivity contribution in [3.8, 4) is 0 Å². The molecule has 0 aliphatic carbocycles. The van der Waals surface area contributed by atoms with Crippen molar-refractivity contribution in [1.29, 1.82) is 0 Å². The standard InChI is InChI=1S/C17H26F2N2O2S/c1-17(2,3)8-9-20-10-12-21(13-11-20)14-6-4-5-7-15(14)24(22,23)16(18)19/h4-7,16H,8-13H2,1-3H3. The summed E-state index contributed by atoms with van der Waals surface area (Å²) in [6, 6.07) is 6.05. The molecule has 0 radical (unpaired) electrons. The molecule has 136 valence electrons. The first-order chi connectivity index (χ1) is 11.1. The minimum absolute atomic E-state index is 0.273. The molecule has 4 nitrogen and oxygen atoms in total. The molecule has 1 aromatic carbocycles. The van der Waals surface area contributed by atoms with Gasteiger partial charge in [-0.25, -0.2) is 8.42 Å². The Labute approximate surface area is 143 Å². The minimum atomic E-state index is -4.59. The summed E-state index contributed by atoms with van der Waals surface area (Å²) in [7, 11) is -4.59. The van der Waals surface area contributed by atoms with E-state index in [-0.39, 0.29) is 10.3 Å². The second kappa shape index (κ2) is 7.35. The summed E-state index contributed by atoms with van der Waals surface area (Å²) in [6.45, 7) is 10.5. The van der Waals surface area contributed by atoms with E-state index < -0.39 is 15.6 Å². The number of halogens is 2. The summed E-state index contributed by atoms with van der Waals surface area (Å²) in [5.74, 6) is -3.40. The first-order valence-corrected chi connectivity index (χ1v) is 9.74. The Kier molecular flexibility index (Phi) is 5.86. The fourth-order valence-electron chi connectivity index (χ4n) is 2.76. The predicted molar refractivity (Wildman–Crippen MR) is 92.4 cm³/mol. The summed E-state index contributed by atoms with van der Waals surface area (Å²) < 4.78 is 49.6. The van der Waals surface area contributed by atoms with E-state index in [9.17, 15) is 17.2 Å². The molecule has 0 spiro atoms. The van der Waals surface area contributed by atoms with Crippen LogP contribution in [0.1, 0.15) is 27.2 Å². The summed E-state index contributed by atoms with van der Waals surface area (Å²) in [5, 5.41) is 0. The van der Waals surface area contributed by atoms with E-state index in [2.05, 4.69) is 25.7 Å². The van der Waals surface area contributed by atoms with Gasteiger partial charge in [-0.15, -0.1) is 0 Å². The molecular formula is C17H26F2N2O2S. The zero-order chi connectivity index (χ0) is 18.0. The van der Waals surface area contributed by atoms with Crippen molar-refractivity contribution >= 4 is 15.5 Å². The normalized spacial score (nSPS) is 17.5. The van der Waals surface area contributed by atoms with E-state index in [1.165, 1.54) is 12.1 Å². The van der Waals surface area contributed by atoms with Crippen LogP contribution in [0.4, 0.5) is 14.5 Å². The van der Waals surface area contributed by atoms with E-state index in [0.29, 0.717) is 18.8 Å². The Balaban J connectivity index is 2.08. The molecule has 0 saturated carbocycles. The Morgan fingerprint density at radius 2 is 1.67 bits per heavy atom. The molecule has 1 heterocycles. The Bertz CT molecular complexity index is 649. The number of benzene rings is 1. The summed E-state index contributed by atoms with van der Waals surface area (Å²) in [4.78, 5) is 3.96. The molecule has 0 atom stereocenters. The SMILES string of the molecule is CC(C)(C)CCN1CCN(c2ccccc2S(=O)(=O)C(F)F)CC1. The van der Waals surface area contributed by atoms with Crippen molar-refractivity contribution in [1.82, 2.24) is 4.90 Å². The molecule has 0 aromatic heterocycles. The van der Waals surface area contributed by atoms with Gasteiger partial charge in [-0.3, -0.25) is 4.90 Å². The molecular weight excluding hydrogens is 334 g/mol. The van der Waals surface area contributed by atoms with Gasteiger partial charge in [-0.2, -0.15) is 8.78 Å². The molecule has 0 amide bonds. The Hall–Kier alpha value is -1.21. The summed E-state index contributed by atoms with van der Waals surface area (Å²) >= 11 is 0. The average molecular weight is 360 g/mol. The maximum atomic E-state index is 12.9. The lowest BCUT2D eigenvalue weighted by atomic mass is 9.92. The lowest BCUT2D eigenvalue weighted by molar-refractivity contribution is 0.217. The van der Waals surface area contributed by atoms with Gasteiger partial charge in [0.15, 0.2) is 0 Å². The highest BCUT2D eigenvalue weighted by Crippen LogP contribution is 2.30. The van der Waals surface area contributed by atoms with E-state index in [0.717, 1.165) is 26.1 Å². The second-order valence-corrected chi connectivity index (χ2v) is 9.30. The number of anilines is 1. The van der Waals surface area contributed by atoms with Crippen LogP contribution in [0, 0.1) is 5.41 Å². The average Bonchev–Trinajstić information content (AvgIpc) is 2.52. The fourth-order valence-corrected chi connectivity index (χ4v) is 3.71. The van der Waals surface area contributed by atoms with Gasteiger partial charge in [-0.1, -0.05) is 32.9 Å². The maximum absolute atomic E-state index is 12.9. The van der Waals surface area contributed by atoms with Crippen molar-refractivity contribution in [3.05, 3.63) is 24.3 Å². The van der Waals surface area contributed by atoms with Crippen molar-refractivity contribution in [2.24, 2.45) is 5.41 Å². The van der Waals surface area contributed by atoms with Gasteiger partial charge in [-0.05, 0) is 30.5 Å². The monoisotopic (exact) mass is 360 g/mol. The third kappa shape index (κ3) is 4.66. The molecule has 7 heteroatoms. The van der Waals surface area contributed by atoms with Crippen LogP contribution in [-0.2, 0) is 9.84 Å². The fraction of sp³-hybridized carbons (Fsp3) is 0.647. The highest BCUT2D eigenvalue weighted by atomic mass is 32.2. The van der Waals surface area contributed by atoms with Crippen LogP contribution in [0.2, 0.25) is 0 Å². The molecule has 0 unspecified atom stereocenters. The second-order valence-electron chi connectivity index (χ2n) is 7.41. The third-order valence-corrected chi connectivity index (χ3v) is 5.72. The summed E-state index contributed by atoms with van der Waals surface area (Å²) in [6.07, 6.45) is 1.09. The molecule has 0 N–H and O–H groups in total. The number of hydrogen-bond acceptors (Lipinski definition) is 4. The van der Waals surface area contributed by atoms with Crippen molar-refractivity contribution in [2.75, 3.05) is 37.6 Å². The van der Waals surface area contributed by atoms with Crippen molar-refractivity contribution < 1.29 is 17.2 Å². The molecule has 1 aliphatic heterocycles. The number of nitrogens with zero attached hydrogens (tertiary/aromatic N) is 2. The molecule has 1 fully saturated rings. The van der Waals surface area contributed by atoms with E-state index >= 15 is 0 Å². The Morgan fingerprint density at radius 1 is 1.08 bits per heavy atom. The van der Waals surface area contributed by atoms with Gasteiger partial charge in [0.25, 0.3) is 0 Å². The molecule has 1 saturated heterocycles. The van der Waals surface area contributed by atoms with Crippen LogP contribution in [0.15, 0.2) is 29.2 Å². The molecule has 24 heavy (non-hydrogen) atoms. The van der Waals surface area contributed by atoms with E-state index in [4.69, 9.17) is 0 Å². The zero-order valence-electron chi connectivity index (χ0n) is 14.5. The predicted octanol–water partition coefficient (Wildman–Crippen LogP) is 3.24. The minimum Gasteiger partial charge on any atom is -0.368 e. The quantitative estimate of drug-likeness (QED) is 0.808. The molecule has 1 aliphatic rings. The van der Waals surface area contributed by atoms with E-state index in [1.54, 1.807) is 12.1 Å². The van der Waals surface area contributed by atoms with Crippen molar-refractivity contribution in [2.45, 2.75) is 37.8 Å². The number of sulfone groups is 1. The topological polar surface area (TPSA) is 40.6 Å². The smallest absolute Gasteiger partial charge is 0.341 e. The van der Waals surface area contributed by atoms with Crippen LogP contribution in [0.3, 0.4) is 0 Å². The van der Waals surface area contributed by atoms with Gasteiger partial charge in [0.1, 0.15) is 0 Å². The first kappa shape index (κ1) is 19.1. The number of hydrogen-bond donors (Lipinski definition) is 0. The Morgan fingerprint density at radius 3 is 2.21 bits per heavy atom. The third-order valence-electron chi connectivity index (χ3n) is 4.30. The largest absolute Gasteiger partial charge is 0.368 e. The lowest BCUT2D eigenvalue weighted by Crippen LogP contribution is -2.47. The van der Waals surface area contributed by atoms with Gasteiger partial charge in [0.2, 0.25) is 9.84 Å². The molecule has 1 aromatic rings. The van der Waals surface area contributed by atoms with Gasteiger partial charge >= 0.3 is 5.76 Å². The van der Waals surface area contributed by atoms with Crippen LogP contribution in [0.5, 0.6) is 0 Å². The highest BCUT2D eigenvalue weighted by Gasteiger charge is 2.31. The molecule has 0 bridgehead atoms. The van der Waals surface area contributed by atoms with E-state index in [1.807, 2.05) is 4.90 Å². The number of piperazine rings is 1. The summed E-state index contributed by atoms with van der Waals surface area (Å²) in [5.41, 5.74) is 0.656. The maximum Gasteiger partial charge on any atom is 0.341 e. The van der Waals surface area contributed by atoms with Crippen LogP contribution in [0.25, 0.3) is 0 Å². The van der Waals surface area contributed by atoms with Gasteiger partial charge in [0, 0.05) is 26.2 Å². The van der Waals surface area contributed by atoms with Crippen molar-refractivity contribution in [3.63, 3.8) is 0 Å². The molecule has 2 rings (SSSR count). The number of rotatable bonds is 5. The van der Waals surface area contributed by atoms with Gasteiger partial charge in [0.05, 0.1) is 10.6 Å². The highest BCUT2D eigenvalue weighted by molar-refractivity contribution is 7.91. The first-order valence-electron chi connectivity index (χ1n) is 8.20. The zero-order valence-corrected chi connectivity index (χ0v) is 15.3. The van der Waals surface area contributed by atoms with Crippen LogP contribution in [-0.4, -0.2) is 51.8 Å². The van der Waals surface area contributed by atoms with Crippen LogP contribution < -0.4 is 4.90 Å². The van der Waals surface area contributed by atoms with Crippen LogP contribution >= 0.6 is 0 Å². The number of para-hydroxylation sites is 1. The number of alkyl halides is 2. The van der Waals surface area contributed by atoms with Gasteiger partial charge < -0.3 is 4.90 Å². The lowest BCUT2D eigenvalue weighted by Gasteiger charge is -2.37.